The number of fused-ring (bicyclic) bond motifs is 1. The molecule has 0 saturated carbocycles. The first-order chi connectivity index (χ1) is 13.6. The van der Waals surface area contributed by atoms with Gasteiger partial charge >= 0.3 is 0 Å². The van der Waals surface area contributed by atoms with Gasteiger partial charge in [-0.05, 0) is 23.6 Å². The molecule has 0 aliphatic heterocycles. The van der Waals surface area contributed by atoms with Crippen molar-refractivity contribution in [3.05, 3.63) is 65.2 Å². The molecule has 0 atom stereocenters. The van der Waals surface area contributed by atoms with E-state index in [4.69, 9.17) is 4.74 Å². The Balaban J connectivity index is 2.19. The number of ether oxygens (including phenoxy) is 1. The number of benzene rings is 3. The monoisotopic (exact) mass is 394 g/mol. The van der Waals surface area contributed by atoms with Crippen molar-refractivity contribution in [2.45, 2.75) is 24.7 Å². The molecule has 28 heavy (non-hydrogen) atoms. The SMILES string of the molecule is CCCCSc1c(F)c(C#N)c(C#N)c(F)c1Oc1cccc2ccccc12. The number of hydrogen-bond acceptors (Lipinski definition) is 4. The van der Waals surface area contributed by atoms with Crippen LogP contribution < -0.4 is 4.74 Å². The molecule has 3 nitrogen and oxygen atoms in total. The summed E-state index contributed by atoms with van der Waals surface area (Å²) in [5.74, 6) is -1.41. The van der Waals surface area contributed by atoms with E-state index < -0.39 is 22.8 Å². The fraction of sp³-hybridized carbons (Fsp3) is 0.182. The summed E-state index contributed by atoms with van der Waals surface area (Å²) in [4.78, 5) is -0.0885. The summed E-state index contributed by atoms with van der Waals surface area (Å²) in [6.45, 7) is 1.99. The third-order valence-electron chi connectivity index (χ3n) is 4.22. The van der Waals surface area contributed by atoms with E-state index in [-0.39, 0.29) is 10.6 Å². The van der Waals surface area contributed by atoms with Crippen molar-refractivity contribution in [1.29, 1.82) is 10.5 Å². The van der Waals surface area contributed by atoms with E-state index in [0.717, 1.165) is 35.4 Å². The molecular weight excluding hydrogens is 378 g/mol. The molecule has 0 fully saturated rings. The summed E-state index contributed by atoms with van der Waals surface area (Å²) < 4.78 is 35.9. The van der Waals surface area contributed by atoms with Crippen LogP contribution in [0.4, 0.5) is 8.78 Å². The van der Waals surface area contributed by atoms with Crippen LogP contribution >= 0.6 is 11.8 Å². The number of nitrogens with zero attached hydrogens (tertiary/aromatic N) is 2. The van der Waals surface area contributed by atoms with Crippen molar-refractivity contribution >= 4 is 22.5 Å². The second kappa shape index (κ2) is 8.73. The van der Waals surface area contributed by atoms with Gasteiger partial charge in [0.05, 0.1) is 4.90 Å². The number of hydrogen-bond donors (Lipinski definition) is 0. The Morgan fingerprint density at radius 2 is 1.64 bits per heavy atom. The zero-order valence-electron chi connectivity index (χ0n) is 15.1. The maximum absolute atomic E-state index is 15.1. The molecule has 0 aliphatic rings. The van der Waals surface area contributed by atoms with Gasteiger partial charge in [0.1, 0.15) is 29.0 Å². The zero-order valence-corrected chi connectivity index (χ0v) is 15.9. The summed E-state index contributed by atoms with van der Waals surface area (Å²) >= 11 is 1.09. The van der Waals surface area contributed by atoms with Crippen LogP contribution in [0, 0.1) is 34.3 Å². The Labute approximate surface area is 166 Å². The first-order valence-corrected chi connectivity index (χ1v) is 9.74. The Hall–Kier alpha value is -3.09. The topological polar surface area (TPSA) is 56.8 Å². The van der Waals surface area contributed by atoms with Gasteiger partial charge in [0, 0.05) is 5.39 Å². The molecule has 0 heterocycles. The van der Waals surface area contributed by atoms with Gasteiger partial charge < -0.3 is 4.74 Å². The van der Waals surface area contributed by atoms with Crippen molar-refractivity contribution in [3.63, 3.8) is 0 Å². The first-order valence-electron chi connectivity index (χ1n) is 8.75. The van der Waals surface area contributed by atoms with Crippen LogP contribution in [0.25, 0.3) is 10.8 Å². The molecule has 0 radical (unpaired) electrons. The minimum Gasteiger partial charge on any atom is -0.452 e. The highest BCUT2D eigenvalue weighted by molar-refractivity contribution is 7.99. The van der Waals surface area contributed by atoms with Crippen molar-refractivity contribution in [2.24, 2.45) is 0 Å². The predicted molar refractivity (Wildman–Crippen MR) is 105 cm³/mol. The Bertz CT molecular complexity index is 1110. The lowest BCUT2D eigenvalue weighted by Gasteiger charge is -2.16. The highest BCUT2D eigenvalue weighted by Gasteiger charge is 2.27. The van der Waals surface area contributed by atoms with Crippen LogP contribution in [0.2, 0.25) is 0 Å². The van der Waals surface area contributed by atoms with E-state index in [0.29, 0.717) is 11.5 Å². The molecule has 0 unspecified atom stereocenters. The summed E-state index contributed by atoms with van der Waals surface area (Å²) in [5.41, 5.74) is -1.24. The minimum atomic E-state index is -1.02. The van der Waals surface area contributed by atoms with Crippen LogP contribution in [-0.2, 0) is 0 Å². The van der Waals surface area contributed by atoms with Crippen molar-refractivity contribution < 1.29 is 13.5 Å². The summed E-state index contributed by atoms with van der Waals surface area (Å²) in [7, 11) is 0. The van der Waals surface area contributed by atoms with Crippen LogP contribution in [-0.4, -0.2) is 5.75 Å². The largest absolute Gasteiger partial charge is 0.452 e. The average Bonchev–Trinajstić information content (AvgIpc) is 2.72. The smallest absolute Gasteiger partial charge is 0.186 e. The quantitative estimate of drug-likeness (QED) is 0.351. The minimum absolute atomic E-state index is 0.0885. The van der Waals surface area contributed by atoms with E-state index >= 15 is 4.39 Å². The zero-order chi connectivity index (χ0) is 20.1. The highest BCUT2D eigenvalue weighted by Crippen LogP contribution is 2.42. The Morgan fingerprint density at radius 1 is 0.964 bits per heavy atom. The molecule has 0 aliphatic carbocycles. The summed E-state index contributed by atoms with van der Waals surface area (Å²) in [6.07, 6.45) is 1.68. The lowest BCUT2D eigenvalue weighted by molar-refractivity contribution is 0.421. The maximum atomic E-state index is 15.1. The van der Waals surface area contributed by atoms with Gasteiger partial charge in [0.2, 0.25) is 0 Å². The molecule has 0 N–H and O–H groups in total. The molecule has 0 aromatic heterocycles. The highest BCUT2D eigenvalue weighted by atomic mass is 32.2. The van der Waals surface area contributed by atoms with Gasteiger partial charge in [-0.25, -0.2) is 8.78 Å². The van der Waals surface area contributed by atoms with Crippen molar-refractivity contribution in [2.75, 3.05) is 5.75 Å². The lowest BCUT2D eigenvalue weighted by atomic mass is 10.1. The van der Waals surface area contributed by atoms with E-state index in [2.05, 4.69) is 0 Å². The number of thioether (sulfide) groups is 1. The van der Waals surface area contributed by atoms with Gasteiger partial charge in [-0.15, -0.1) is 11.8 Å². The van der Waals surface area contributed by atoms with Crippen molar-refractivity contribution in [3.8, 4) is 23.6 Å². The maximum Gasteiger partial charge on any atom is 0.186 e. The first kappa shape index (κ1) is 19.7. The summed E-state index contributed by atoms with van der Waals surface area (Å²) in [6, 6.07) is 15.9. The molecule has 140 valence electrons. The molecule has 6 heteroatoms. The van der Waals surface area contributed by atoms with E-state index in [1.807, 2.05) is 37.3 Å². The fourth-order valence-electron chi connectivity index (χ4n) is 2.79. The molecule has 0 amide bonds. The fourth-order valence-corrected chi connectivity index (χ4v) is 3.92. The number of halogens is 2. The Kier molecular flexibility index (Phi) is 6.13. The molecule has 0 saturated heterocycles. The molecule has 3 rings (SSSR count). The van der Waals surface area contributed by atoms with Crippen LogP contribution in [0.1, 0.15) is 30.9 Å². The predicted octanol–water partition coefficient (Wildman–Crippen LogP) is 6.55. The van der Waals surface area contributed by atoms with E-state index in [1.54, 1.807) is 24.3 Å². The molecule has 3 aromatic carbocycles. The number of unbranched alkanes of at least 4 members (excludes halogenated alkanes) is 1. The third kappa shape index (κ3) is 3.65. The van der Waals surface area contributed by atoms with Crippen LogP contribution in [0.3, 0.4) is 0 Å². The van der Waals surface area contributed by atoms with Gasteiger partial charge in [0.25, 0.3) is 0 Å². The van der Waals surface area contributed by atoms with E-state index in [9.17, 15) is 14.9 Å². The summed E-state index contributed by atoms with van der Waals surface area (Å²) in [5, 5.41) is 20.1. The molecule has 0 bridgehead atoms. The van der Waals surface area contributed by atoms with Gasteiger partial charge in [-0.3, -0.25) is 0 Å². The lowest BCUT2D eigenvalue weighted by Crippen LogP contribution is -2.03. The molecule has 0 spiro atoms. The Morgan fingerprint density at radius 3 is 2.36 bits per heavy atom. The normalized spacial score (nSPS) is 10.5. The van der Waals surface area contributed by atoms with Crippen molar-refractivity contribution in [1.82, 2.24) is 0 Å². The molecular formula is C22H16F2N2OS. The van der Waals surface area contributed by atoms with Gasteiger partial charge in [0.15, 0.2) is 17.4 Å². The van der Waals surface area contributed by atoms with Crippen LogP contribution in [0.15, 0.2) is 47.4 Å². The van der Waals surface area contributed by atoms with Gasteiger partial charge in [-0.2, -0.15) is 10.5 Å². The molecule has 3 aromatic rings. The second-order valence-corrected chi connectivity index (χ2v) is 7.15. The number of nitriles is 2. The van der Waals surface area contributed by atoms with E-state index in [1.165, 1.54) is 0 Å². The van der Waals surface area contributed by atoms with Gasteiger partial charge in [-0.1, -0.05) is 49.7 Å². The number of rotatable bonds is 6. The third-order valence-corrected chi connectivity index (χ3v) is 5.37. The average molecular weight is 394 g/mol. The standard InChI is InChI=1S/C22H16F2N2OS/c1-2-3-11-28-22-20(24)17(13-26)16(12-25)19(23)21(22)27-18-10-6-8-14-7-4-5-9-15(14)18/h4-10H,2-3,11H2,1H3. The second-order valence-electron chi connectivity index (χ2n) is 6.04. The van der Waals surface area contributed by atoms with Crippen LogP contribution in [0.5, 0.6) is 11.5 Å².